The molecule has 4 rings (SSSR count). The SMILES string of the molecule is N#CCCn1ncc2c(N3CCCC(N4CCNC4=O)C3)ncnc21. The molecule has 0 aromatic carbocycles. The maximum Gasteiger partial charge on any atom is 0.317 e. The predicted octanol–water partition coefficient (Wildman–Crippen LogP) is 0.734. The summed E-state index contributed by atoms with van der Waals surface area (Å²) >= 11 is 0. The standard InChI is InChI=1S/C16H20N8O/c17-4-2-7-24-15-13(9-21-24)14(19-11-20-15)22-6-1-3-12(10-22)23-8-5-18-16(23)25/h9,11-12H,1-3,5-8,10H2,(H,18,25). The van der Waals surface area contributed by atoms with Crippen molar-refractivity contribution in [3.05, 3.63) is 12.5 Å². The highest BCUT2D eigenvalue weighted by Gasteiger charge is 2.32. The van der Waals surface area contributed by atoms with Crippen LogP contribution in [0.4, 0.5) is 10.6 Å². The Morgan fingerprint density at radius 1 is 1.36 bits per heavy atom. The van der Waals surface area contributed by atoms with E-state index in [-0.39, 0.29) is 12.1 Å². The van der Waals surface area contributed by atoms with Crippen LogP contribution in [0.1, 0.15) is 19.3 Å². The van der Waals surface area contributed by atoms with E-state index in [2.05, 4.69) is 31.4 Å². The van der Waals surface area contributed by atoms with Crippen LogP contribution in [0, 0.1) is 11.3 Å². The first kappa shape index (κ1) is 15.6. The maximum atomic E-state index is 12.0. The lowest BCUT2D eigenvalue weighted by molar-refractivity contribution is 0.189. The van der Waals surface area contributed by atoms with Crippen LogP contribution in [0.2, 0.25) is 0 Å². The van der Waals surface area contributed by atoms with E-state index in [1.165, 1.54) is 0 Å². The number of aryl methyl sites for hydroxylation is 1. The van der Waals surface area contributed by atoms with Crippen molar-refractivity contribution in [2.24, 2.45) is 0 Å². The van der Waals surface area contributed by atoms with Crippen LogP contribution in [-0.4, -0.2) is 62.9 Å². The number of fused-ring (bicyclic) bond motifs is 1. The van der Waals surface area contributed by atoms with Gasteiger partial charge in [0.2, 0.25) is 0 Å². The highest BCUT2D eigenvalue weighted by atomic mass is 16.2. The van der Waals surface area contributed by atoms with E-state index in [9.17, 15) is 4.79 Å². The lowest BCUT2D eigenvalue weighted by Gasteiger charge is -2.37. The number of anilines is 1. The monoisotopic (exact) mass is 340 g/mol. The third-order valence-corrected chi connectivity index (χ3v) is 4.87. The summed E-state index contributed by atoms with van der Waals surface area (Å²) in [6, 6.07) is 2.37. The van der Waals surface area contributed by atoms with Gasteiger partial charge >= 0.3 is 6.03 Å². The second-order valence-electron chi connectivity index (χ2n) is 6.38. The minimum atomic E-state index is 0.0315. The maximum absolute atomic E-state index is 12.0. The van der Waals surface area contributed by atoms with Crippen molar-refractivity contribution in [1.29, 1.82) is 5.26 Å². The van der Waals surface area contributed by atoms with Crippen molar-refractivity contribution in [3.63, 3.8) is 0 Å². The second kappa shape index (κ2) is 6.55. The molecule has 2 aromatic heterocycles. The molecule has 0 saturated carbocycles. The van der Waals surface area contributed by atoms with Gasteiger partial charge in [0.25, 0.3) is 0 Å². The molecule has 0 radical (unpaired) electrons. The number of urea groups is 1. The van der Waals surface area contributed by atoms with Crippen molar-refractivity contribution in [3.8, 4) is 6.07 Å². The van der Waals surface area contributed by atoms with Gasteiger partial charge in [-0.25, -0.2) is 19.4 Å². The van der Waals surface area contributed by atoms with Gasteiger partial charge in [0.05, 0.1) is 36.7 Å². The van der Waals surface area contributed by atoms with Crippen molar-refractivity contribution >= 4 is 22.9 Å². The number of carbonyl (C=O) groups is 1. The molecule has 2 saturated heterocycles. The Bertz CT molecular complexity index is 825. The molecule has 1 unspecified atom stereocenters. The minimum absolute atomic E-state index is 0.0315. The third kappa shape index (κ3) is 2.84. The first-order valence-corrected chi connectivity index (χ1v) is 8.61. The summed E-state index contributed by atoms with van der Waals surface area (Å²) in [7, 11) is 0. The van der Waals surface area contributed by atoms with E-state index < -0.39 is 0 Å². The van der Waals surface area contributed by atoms with Crippen molar-refractivity contribution in [2.45, 2.75) is 31.8 Å². The van der Waals surface area contributed by atoms with Gasteiger partial charge in [-0.05, 0) is 12.8 Å². The fourth-order valence-electron chi connectivity index (χ4n) is 3.69. The van der Waals surface area contributed by atoms with Gasteiger partial charge < -0.3 is 15.1 Å². The molecule has 0 aliphatic carbocycles. The third-order valence-electron chi connectivity index (χ3n) is 4.87. The number of nitriles is 1. The molecule has 130 valence electrons. The first-order valence-electron chi connectivity index (χ1n) is 8.61. The Balaban J connectivity index is 1.59. The van der Waals surface area contributed by atoms with Gasteiger partial charge in [-0.15, -0.1) is 0 Å². The highest BCUT2D eigenvalue weighted by molar-refractivity contribution is 5.86. The van der Waals surface area contributed by atoms with Crippen molar-refractivity contribution in [2.75, 3.05) is 31.1 Å². The van der Waals surface area contributed by atoms with E-state index in [1.54, 1.807) is 17.2 Å². The Morgan fingerprint density at radius 2 is 2.28 bits per heavy atom. The van der Waals surface area contributed by atoms with Crippen molar-refractivity contribution < 1.29 is 4.79 Å². The van der Waals surface area contributed by atoms with Gasteiger partial charge in [-0.3, -0.25) is 0 Å². The minimum Gasteiger partial charge on any atom is -0.354 e. The summed E-state index contributed by atoms with van der Waals surface area (Å²) in [6.07, 6.45) is 5.75. The summed E-state index contributed by atoms with van der Waals surface area (Å²) in [4.78, 5) is 24.9. The number of nitrogens with zero attached hydrogens (tertiary/aromatic N) is 7. The van der Waals surface area contributed by atoms with Crippen LogP contribution in [0.25, 0.3) is 11.0 Å². The zero-order valence-electron chi connectivity index (χ0n) is 13.9. The summed E-state index contributed by atoms with van der Waals surface area (Å²) in [5.41, 5.74) is 0.751. The van der Waals surface area contributed by atoms with E-state index in [0.29, 0.717) is 13.0 Å². The quantitative estimate of drug-likeness (QED) is 0.880. The molecule has 0 bridgehead atoms. The molecule has 2 aliphatic heterocycles. The van der Waals surface area contributed by atoms with Gasteiger partial charge in [-0.2, -0.15) is 10.4 Å². The van der Waals surface area contributed by atoms with Crippen LogP contribution < -0.4 is 10.2 Å². The number of carbonyl (C=O) groups excluding carboxylic acids is 1. The van der Waals surface area contributed by atoms with E-state index >= 15 is 0 Å². The van der Waals surface area contributed by atoms with Crippen LogP contribution >= 0.6 is 0 Å². The molecule has 2 fully saturated rings. The molecule has 25 heavy (non-hydrogen) atoms. The lowest BCUT2D eigenvalue weighted by atomic mass is 10.0. The molecular formula is C16H20N8O. The summed E-state index contributed by atoms with van der Waals surface area (Å²) in [5, 5.41) is 16.9. The molecule has 0 spiro atoms. The smallest absolute Gasteiger partial charge is 0.317 e. The molecule has 4 heterocycles. The van der Waals surface area contributed by atoms with E-state index in [1.807, 2.05) is 4.90 Å². The number of rotatable bonds is 4. The largest absolute Gasteiger partial charge is 0.354 e. The molecular weight excluding hydrogens is 320 g/mol. The summed E-state index contributed by atoms with van der Waals surface area (Å²) < 4.78 is 1.75. The molecule has 9 heteroatoms. The second-order valence-corrected chi connectivity index (χ2v) is 6.38. The van der Waals surface area contributed by atoms with Crippen LogP contribution in [0.5, 0.6) is 0 Å². The number of hydrogen-bond acceptors (Lipinski definition) is 6. The Kier molecular flexibility index (Phi) is 4.09. The molecule has 1 atom stereocenters. The average molecular weight is 340 g/mol. The zero-order chi connectivity index (χ0) is 17.2. The highest BCUT2D eigenvalue weighted by Crippen LogP contribution is 2.27. The topological polar surface area (TPSA) is 103 Å². The average Bonchev–Trinajstić information content (AvgIpc) is 3.26. The number of piperidine rings is 1. The van der Waals surface area contributed by atoms with Gasteiger partial charge in [0, 0.05) is 26.2 Å². The summed E-state index contributed by atoms with van der Waals surface area (Å²) in [5.74, 6) is 0.859. The fourth-order valence-corrected chi connectivity index (χ4v) is 3.69. The van der Waals surface area contributed by atoms with Crippen LogP contribution in [0.3, 0.4) is 0 Å². The van der Waals surface area contributed by atoms with Gasteiger partial charge in [-0.1, -0.05) is 0 Å². The lowest BCUT2D eigenvalue weighted by Crippen LogP contribution is -2.49. The Morgan fingerprint density at radius 3 is 3.08 bits per heavy atom. The molecule has 9 nitrogen and oxygen atoms in total. The predicted molar refractivity (Wildman–Crippen MR) is 90.9 cm³/mol. The van der Waals surface area contributed by atoms with E-state index in [0.717, 1.165) is 55.9 Å². The normalized spacial score (nSPS) is 20.8. The van der Waals surface area contributed by atoms with Gasteiger partial charge in [0.15, 0.2) is 5.65 Å². The number of aromatic nitrogens is 4. The van der Waals surface area contributed by atoms with Gasteiger partial charge in [0.1, 0.15) is 12.1 Å². The number of amides is 2. The fraction of sp³-hybridized carbons (Fsp3) is 0.562. The van der Waals surface area contributed by atoms with Crippen LogP contribution in [-0.2, 0) is 6.54 Å². The Hall–Kier alpha value is -2.89. The first-order chi connectivity index (χ1) is 12.3. The van der Waals surface area contributed by atoms with E-state index in [4.69, 9.17) is 5.26 Å². The van der Waals surface area contributed by atoms with Crippen molar-refractivity contribution in [1.82, 2.24) is 30.0 Å². The molecule has 2 aromatic rings. The molecule has 2 aliphatic rings. The molecule has 2 amide bonds. The molecule has 1 N–H and O–H groups in total. The number of nitrogens with one attached hydrogen (secondary N) is 1. The van der Waals surface area contributed by atoms with Crippen LogP contribution in [0.15, 0.2) is 12.5 Å². The summed E-state index contributed by atoms with van der Waals surface area (Å²) in [6.45, 7) is 3.68. The number of hydrogen-bond donors (Lipinski definition) is 1. The zero-order valence-corrected chi connectivity index (χ0v) is 13.9. The Labute approximate surface area is 145 Å².